The third kappa shape index (κ3) is 5.80. The van der Waals surface area contributed by atoms with E-state index < -0.39 is 0 Å². The summed E-state index contributed by atoms with van der Waals surface area (Å²) in [6.45, 7) is 15.3. The van der Waals surface area contributed by atoms with Crippen molar-refractivity contribution in [3.8, 4) is 11.5 Å². The van der Waals surface area contributed by atoms with Gasteiger partial charge in [-0.3, -0.25) is 10.2 Å². The molecular weight excluding hydrogens is 486 g/mol. The maximum Gasteiger partial charge on any atom is 0.203 e. The lowest BCUT2D eigenvalue weighted by atomic mass is 9.78. The number of aromatic nitrogens is 2. The Bertz CT molecular complexity index is 1510. The van der Waals surface area contributed by atoms with Crippen LogP contribution < -0.4 is 10.4 Å². The van der Waals surface area contributed by atoms with E-state index in [0.29, 0.717) is 24.5 Å². The van der Waals surface area contributed by atoms with Gasteiger partial charge in [0.05, 0.1) is 25.2 Å². The first kappa shape index (κ1) is 28.2. The quantitative estimate of drug-likeness (QED) is 0.244. The monoisotopic (exact) mass is 527 g/mol. The van der Waals surface area contributed by atoms with Crippen molar-refractivity contribution in [2.24, 2.45) is 0 Å². The summed E-state index contributed by atoms with van der Waals surface area (Å²) in [5.74, 6) is 0.848. The molecule has 3 aromatic carbocycles. The van der Waals surface area contributed by atoms with Crippen LogP contribution in [0.1, 0.15) is 81.9 Å². The van der Waals surface area contributed by atoms with Crippen LogP contribution in [0.5, 0.6) is 11.5 Å². The fourth-order valence-electron chi connectivity index (χ4n) is 4.95. The summed E-state index contributed by atoms with van der Waals surface area (Å²) in [6, 6.07) is 19.4. The van der Waals surface area contributed by atoms with Crippen LogP contribution in [0.2, 0.25) is 0 Å². The number of hydrogen-bond donors (Lipinski definition) is 2. The lowest BCUT2D eigenvalue weighted by Gasteiger charge is -2.28. The minimum Gasteiger partial charge on any atom is -0.507 e. The van der Waals surface area contributed by atoms with E-state index in [4.69, 9.17) is 10.1 Å². The molecule has 0 saturated heterocycles. The smallest absolute Gasteiger partial charge is 0.203 e. The highest BCUT2D eigenvalue weighted by Gasteiger charge is 2.28. The molecular formula is C33H41N3O3. The largest absolute Gasteiger partial charge is 0.507 e. The van der Waals surface area contributed by atoms with Crippen molar-refractivity contribution in [1.29, 1.82) is 5.41 Å². The fraction of sp³-hybridized carbons (Fsp3) is 0.394. The van der Waals surface area contributed by atoms with Crippen LogP contribution in [-0.4, -0.2) is 26.6 Å². The number of rotatable bonds is 8. The third-order valence-electron chi connectivity index (χ3n) is 7.04. The minimum absolute atomic E-state index is 0.00625. The van der Waals surface area contributed by atoms with Crippen LogP contribution >= 0.6 is 0 Å². The molecule has 0 fully saturated rings. The molecule has 0 aliphatic rings. The zero-order chi connectivity index (χ0) is 28.5. The first-order valence-electron chi connectivity index (χ1n) is 13.7. The highest BCUT2D eigenvalue weighted by Crippen LogP contribution is 2.40. The van der Waals surface area contributed by atoms with Crippen molar-refractivity contribution in [2.75, 3.05) is 6.61 Å². The molecule has 0 aliphatic carbocycles. The van der Waals surface area contributed by atoms with E-state index in [1.165, 1.54) is 0 Å². The Morgan fingerprint density at radius 1 is 0.897 bits per heavy atom. The SMILES string of the molecule is CCCOc1cccc2c1n(Cc1ccccc1)c(=N)n2CC(=O)c1cc(C(C)(C)C)c(O)c(C(C)(C)C)c1. The number of phenols is 1. The number of phenolic OH excluding ortho intramolecular Hbond substituents is 1. The van der Waals surface area contributed by atoms with Crippen LogP contribution in [-0.2, 0) is 23.9 Å². The number of carbonyl (C=O) groups is 1. The molecule has 2 N–H and O–H groups in total. The van der Waals surface area contributed by atoms with Gasteiger partial charge in [0.25, 0.3) is 0 Å². The van der Waals surface area contributed by atoms with Crippen LogP contribution in [0.4, 0.5) is 0 Å². The normalized spacial score (nSPS) is 12.2. The Morgan fingerprint density at radius 2 is 1.51 bits per heavy atom. The standard InChI is InChI=1S/C33H41N3O3/c1-8-17-39-28-16-12-15-26-29(28)36(20-22-13-10-9-11-14-22)31(34)35(26)21-27(37)23-18-24(32(2,3)4)30(38)25(19-23)33(5,6)7/h9-16,18-19,34,38H,8,17,20-21H2,1-7H3. The second-order valence-electron chi connectivity index (χ2n) is 12.3. The highest BCUT2D eigenvalue weighted by atomic mass is 16.5. The third-order valence-corrected chi connectivity index (χ3v) is 7.04. The number of carbonyl (C=O) groups excluding carboxylic acids is 1. The Morgan fingerprint density at radius 3 is 2.08 bits per heavy atom. The van der Waals surface area contributed by atoms with Crippen molar-refractivity contribution >= 4 is 16.8 Å². The van der Waals surface area contributed by atoms with Gasteiger partial charge in [-0.05, 0) is 47.1 Å². The first-order valence-corrected chi connectivity index (χ1v) is 13.7. The predicted octanol–water partition coefficient (Wildman–Crippen LogP) is 6.94. The van der Waals surface area contributed by atoms with Gasteiger partial charge in [0.1, 0.15) is 17.0 Å². The van der Waals surface area contributed by atoms with Crippen LogP contribution in [0.3, 0.4) is 0 Å². The molecule has 4 aromatic rings. The molecule has 4 rings (SSSR count). The van der Waals surface area contributed by atoms with Gasteiger partial charge >= 0.3 is 0 Å². The van der Waals surface area contributed by atoms with E-state index in [1.807, 2.05) is 107 Å². The number of para-hydroxylation sites is 1. The topological polar surface area (TPSA) is 80.2 Å². The second kappa shape index (κ2) is 10.8. The Kier molecular flexibility index (Phi) is 7.78. The minimum atomic E-state index is -0.342. The number of imidazole rings is 1. The number of nitrogens with one attached hydrogen (secondary N) is 1. The van der Waals surface area contributed by atoms with Crippen molar-refractivity contribution in [2.45, 2.75) is 78.8 Å². The number of ketones is 1. The number of benzene rings is 3. The summed E-state index contributed by atoms with van der Waals surface area (Å²) in [5, 5.41) is 20.3. The molecule has 0 amide bonds. The van der Waals surface area contributed by atoms with Gasteiger partial charge < -0.3 is 19.0 Å². The summed E-state index contributed by atoms with van der Waals surface area (Å²) in [6.07, 6.45) is 0.870. The average Bonchev–Trinajstić information content (AvgIpc) is 3.13. The van der Waals surface area contributed by atoms with Crippen molar-refractivity contribution in [3.63, 3.8) is 0 Å². The van der Waals surface area contributed by atoms with Gasteiger partial charge in [0, 0.05) is 16.7 Å². The van der Waals surface area contributed by atoms with Gasteiger partial charge in [-0.1, -0.05) is 84.9 Å². The maximum atomic E-state index is 13.9. The number of ether oxygens (including phenoxy) is 1. The van der Waals surface area contributed by atoms with Gasteiger partial charge in [0.15, 0.2) is 5.78 Å². The van der Waals surface area contributed by atoms with Gasteiger partial charge in [-0.25, -0.2) is 0 Å². The molecule has 6 heteroatoms. The van der Waals surface area contributed by atoms with Crippen molar-refractivity contribution in [3.05, 3.63) is 88.5 Å². The zero-order valence-corrected chi connectivity index (χ0v) is 24.3. The molecule has 39 heavy (non-hydrogen) atoms. The van der Waals surface area contributed by atoms with Crippen LogP contribution in [0.25, 0.3) is 11.0 Å². The van der Waals surface area contributed by atoms with E-state index in [2.05, 4.69) is 6.92 Å². The van der Waals surface area contributed by atoms with E-state index in [9.17, 15) is 9.90 Å². The maximum absolute atomic E-state index is 13.9. The van der Waals surface area contributed by atoms with Gasteiger partial charge in [-0.15, -0.1) is 0 Å². The number of hydrogen-bond acceptors (Lipinski definition) is 4. The predicted molar refractivity (Wildman–Crippen MR) is 157 cm³/mol. The molecule has 0 radical (unpaired) electrons. The van der Waals surface area contributed by atoms with Crippen LogP contribution in [0.15, 0.2) is 60.7 Å². The molecule has 0 atom stereocenters. The molecule has 0 bridgehead atoms. The van der Waals surface area contributed by atoms with Gasteiger partial charge in [-0.2, -0.15) is 0 Å². The van der Waals surface area contributed by atoms with E-state index >= 15 is 0 Å². The van der Waals surface area contributed by atoms with E-state index in [1.54, 1.807) is 4.57 Å². The first-order chi connectivity index (χ1) is 18.3. The summed E-state index contributed by atoms with van der Waals surface area (Å²) in [5.41, 5.74) is 4.24. The van der Waals surface area contributed by atoms with E-state index in [-0.39, 0.29) is 34.5 Å². The number of aromatic hydroxyl groups is 1. The molecule has 6 nitrogen and oxygen atoms in total. The molecule has 1 heterocycles. The Labute approximate surface area is 231 Å². The van der Waals surface area contributed by atoms with E-state index in [0.717, 1.165) is 34.1 Å². The molecule has 0 saturated carbocycles. The lowest BCUT2D eigenvalue weighted by molar-refractivity contribution is 0.0971. The number of Topliss-reactive ketones (excluding diaryl/α,β-unsaturated/α-hetero) is 1. The molecule has 0 spiro atoms. The fourth-order valence-corrected chi connectivity index (χ4v) is 4.95. The Hall–Kier alpha value is -3.80. The highest BCUT2D eigenvalue weighted by molar-refractivity contribution is 5.97. The summed E-state index contributed by atoms with van der Waals surface area (Å²) in [7, 11) is 0. The van der Waals surface area contributed by atoms with Crippen molar-refractivity contribution in [1.82, 2.24) is 9.13 Å². The molecule has 0 aliphatic heterocycles. The second-order valence-corrected chi connectivity index (χ2v) is 12.3. The summed E-state index contributed by atoms with van der Waals surface area (Å²) < 4.78 is 9.78. The summed E-state index contributed by atoms with van der Waals surface area (Å²) >= 11 is 0. The summed E-state index contributed by atoms with van der Waals surface area (Å²) in [4.78, 5) is 13.9. The average molecular weight is 528 g/mol. The lowest BCUT2D eigenvalue weighted by Crippen LogP contribution is -2.28. The molecule has 0 unspecified atom stereocenters. The molecule has 1 aromatic heterocycles. The zero-order valence-electron chi connectivity index (χ0n) is 24.3. The Balaban J connectivity index is 1.86. The van der Waals surface area contributed by atoms with Crippen molar-refractivity contribution < 1.29 is 14.6 Å². The van der Waals surface area contributed by atoms with Crippen LogP contribution in [0, 0.1) is 5.41 Å². The van der Waals surface area contributed by atoms with Gasteiger partial charge in [0.2, 0.25) is 5.62 Å². The number of fused-ring (bicyclic) bond motifs is 1. The number of nitrogens with zero attached hydrogens (tertiary/aromatic N) is 2. The molecule has 206 valence electrons.